The summed E-state index contributed by atoms with van der Waals surface area (Å²) >= 11 is 0. The SMILES string of the molecule is CCNC(=NCCCCCOC)N1CCN(C(=O)c2ccco2)CC1.I. The van der Waals surface area contributed by atoms with E-state index in [2.05, 4.69) is 17.1 Å². The largest absolute Gasteiger partial charge is 0.459 e. The van der Waals surface area contributed by atoms with E-state index in [1.807, 2.05) is 4.90 Å². The lowest BCUT2D eigenvalue weighted by Gasteiger charge is -2.36. The highest BCUT2D eigenvalue weighted by Gasteiger charge is 2.25. The first-order valence-corrected chi connectivity index (χ1v) is 9.11. The summed E-state index contributed by atoms with van der Waals surface area (Å²) in [6, 6.07) is 3.45. The van der Waals surface area contributed by atoms with Gasteiger partial charge in [-0.3, -0.25) is 9.79 Å². The maximum absolute atomic E-state index is 12.3. The number of nitrogens with zero attached hydrogens (tertiary/aromatic N) is 3. The van der Waals surface area contributed by atoms with Crippen LogP contribution in [0.1, 0.15) is 36.7 Å². The number of nitrogens with one attached hydrogen (secondary N) is 1. The molecule has 1 N–H and O–H groups in total. The van der Waals surface area contributed by atoms with Gasteiger partial charge in [0.15, 0.2) is 11.7 Å². The van der Waals surface area contributed by atoms with Crippen LogP contribution in [0, 0.1) is 0 Å². The maximum atomic E-state index is 12.3. The second-order valence-corrected chi connectivity index (χ2v) is 6.05. The number of piperazine rings is 1. The summed E-state index contributed by atoms with van der Waals surface area (Å²) in [6.45, 7) is 7.46. The van der Waals surface area contributed by atoms with Crippen LogP contribution in [-0.2, 0) is 4.74 Å². The molecule has 0 bridgehead atoms. The average Bonchev–Trinajstić information content (AvgIpc) is 3.18. The van der Waals surface area contributed by atoms with Crippen LogP contribution in [0.2, 0.25) is 0 Å². The molecule has 1 aromatic heterocycles. The Hall–Kier alpha value is -1.29. The van der Waals surface area contributed by atoms with Crippen molar-refractivity contribution in [2.24, 2.45) is 4.99 Å². The number of rotatable bonds is 8. The van der Waals surface area contributed by atoms with Gasteiger partial charge in [-0.15, -0.1) is 24.0 Å². The topological polar surface area (TPSA) is 70.3 Å². The molecular formula is C18H31IN4O3. The Kier molecular flexibility index (Phi) is 11.3. The van der Waals surface area contributed by atoms with Crippen LogP contribution in [0.25, 0.3) is 0 Å². The van der Waals surface area contributed by atoms with Crippen molar-refractivity contribution in [3.63, 3.8) is 0 Å². The van der Waals surface area contributed by atoms with Gasteiger partial charge in [-0.2, -0.15) is 0 Å². The van der Waals surface area contributed by atoms with Crippen molar-refractivity contribution in [3.05, 3.63) is 24.2 Å². The van der Waals surface area contributed by atoms with Gasteiger partial charge in [0.05, 0.1) is 6.26 Å². The van der Waals surface area contributed by atoms with Crippen LogP contribution < -0.4 is 5.32 Å². The monoisotopic (exact) mass is 478 g/mol. The fourth-order valence-corrected chi connectivity index (χ4v) is 2.82. The standard InChI is InChI=1S/C18H30N4O3.HI/c1-3-19-18(20-9-5-4-6-14-24-2)22-12-10-21(11-13-22)17(23)16-8-7-15-25-16;/h7-8,15H,3-6,9-14H2,1-2H3,(H,19,20);1H. The third-order valence-corrected chi connectivity index (χ3v) is 4.20. The molecule has 0 aromatic carbocycles. The molecule has 1 fully saturated rings. The highest BCUT2D eigenvalue weighted by atomic mass is 127. The van der Waals surface area contributed by atoms with Gasteiger partial charge in [-0.05, 0) is 38.3 Å². The molecule has 0 spiro atoms. The molecule has 0 atom stereocenters. The van der Waals surface area contributed by atoms with Gasteiger partial charge in [0.2, 0.25) is 0 Å². The van der Waals surface area contributed by atoms with E-state index in [9.17, 15) is 4.79 Å². The highest BCUT2D eigenvalue weighted by molar-refractivity contribution is 14.0. The zero-order chi connectivity index (χ0) is 17.9. The molecule has 26 heavy (non-hydrogen) atoms. The van der Waals surface area contributed by atoms with Crippen LogP contribution in [0.5, 0.6) is 0 Å². The first-order chi connectivity index (χ1) is 12.3. The molecule has 0 unspecified atom stereocenters. The Morgan fingerprint density at radius 2 is 1.96 bits per heavy atom. The van der Waals surface area contributed by atoms with Crippen molar-refractivity contribution in [2.45, 2.75) is 26.2 Å². The Balaban J connectivity index is 0.00000338. The summed E-state index contributed by atoms with van der Waals surface area (Å²) < 4.78 is 10.3. The number of carbonyl (C=O) groups is 1. The molecule has 2 rings (SSSR count). The smallest absolute Gasteiger partial charge is 0.289 e. The van der Waals surface area contributed by atoms with E-state index in [1.54, 1.807) is 19.2 Å². The molecule has 1 aliphatic rings. The van der Waals surface area contributed by atoms with Crippen LogP contribution in [0.15, 0.2) is 27.8 Å². The van der Waals surface area contributed by atoms with Gasteiger partial charge in [0, 0.05) is 53.0 Å². The van der Waals surface area contributed by atoms with E-state index in [4.69, 9.17) is 14.1 Å². The molecule has 1 saturated heterocycles. The number of hydrogen-bond donors (Lipinski definition) is 1. The first-order valence-electron chi connectivity index (χ1n) is 9.11. The first kappa shape index (κ1) is 22.8. The Morgan fingerprint density at radius 3 is 2.58 bits per heavy atom. The lowest BCUT2D eigenvalue weighted by molar-refractivity contribution is 0.0657. The van der Waals surface area contributed by atoms with Gasteiger partial charge in [0.1, 0.15) is 0 Å². The van der Waals surface area contributed by atoms with E-state index >= 15 is 0 Å². The van der Waals surface area contributed by atoms with Gasteiger partial charge in [-0.1, -0.05) is 0 Å². The molecule has 7 nitrogen and oxygen atoms in total. The van der Waals surface area contributed by atoms with Crippen molar-refractivity contribution in [1.29, 1.82) is 0 Å². The van der Waals surface area contributed by atoms with Gasteiger partial charge < -0.3 is 24.3 Å². The van der Waals surface area contributed by atoms with E-state index in [0.29, 0.717) is 18.8 Å². The van der Waals surface area contributed by atoms with Crippen molar-refractivity contribution >= 4 is 35.8 Å². The van der Waals surface area contributed by atoms with Crippen LogP contribution >= 0.6 is 24.0 Å². The minimum absolute atomic E-state index is 0. The Morgan fingerprint density at radius 1 is 1.23 bits per heavy atom. The van der Waals surface area contributed by atoms with E-state index in [0.717, 1.165) is 58.0 Å². The molecule has 1 aromatic rings. The lowest BCUT2D eigenvalue weighted by atomic mass is 10.2. The van der Waals surface area contributed by atoms with Crippen molar-refractivity contribution < 1.29 is 13.9 Å². The fraction of sp³-hybridized carbons (Fsp3) is 0.667. The van der Waals surface area contributed by atoms with Crippen molar-refractivity contribution in [2.75, 3.05) is 53.0 Å². The summed E-state index contributed by atoms with van der Waals surface area (Å²) in [6.07, 6.45) is 4.81. The highest BCUT2D eigenvalue weighted by Crippen LogP contribution is 2.09. The minimum atomic E-state index is -0.0373. The predicted octanol–water partition coefficient (Wildman–Crippen LogP) is 2.44. The molecule has 0 aliphatic carbocycles. The van der Waals surface area contributed by atoms with Gasteiger partial charge >= 0.3 is 0 Å². The van der Waals surface area contributed by atoms with Crippen LogP contribution in [0.3, 0.4) is 0 Å². The molecule has 0 saturated carbocycles. The molecule has 0 radical (unpaired) electrons. The normalized spacial score (nSPS) is 14.9. The molecule has 8 heteroatoms. The zero-order valence-electron chi connectivity index (χ0n) is 15.8. The molecule has 2 heterocycles. The van der Waals surface area contributed by atoms with E-state index in [-0.39, 0.29) is 29.9 Å². The van der Waals surface area contributed by atoms with Gasteiger partial charge in [0.25, 0.3) is 5.91 Å². The van der Waals surface area contributed by atoms with Crippen molar-refractivity contribution in [3.8, 4) is 0 Å². The van der Waals surface area contributed by atoms with Crippen LogP contribution in [0.4, 0.5) is 0 Å². The van der Waals surface area contributed by atoms with E-state index in [1.165, 1.54) is 6.26 Å². The van der Waals surface area contributed by atoms with E-state index < -0.39 is 0 Å². The Labute approximate surface area is 173 Å². The number of amides is 1. The zero-order valence-corrected chi connectivity index (χ0v) is 18.1. The third kappa shape index (κ3) is 7.14. The summed E-state index contributed by atoms with van der Waals surface area (Å²) in [5.41, 5.74) is 0. The molecule has 1 amide bonds. The summed E-state index contributed by atoms with van der Waals surface area (Å²) in [5, 5.41) is 3.36. The third-order valence-electron chi connectivity index (χ3n) is 4.20. The number of halogens is 1. The maximum Gasteiger partial charge on any atom is 0.289 e. The summed E-state index contributed by atoms with van der Waals surface area (Å²) in [5.74, 6) is 1.31. The number of unbranched alkanes of at least 4 members (excludes halogenated alkanes) is 2. The number of hydrogen-bond acceptors (Lipinski definition) is 4. The Bertz CT molecular complexity index is 529. The summed E-state index contributed by atoms with van der Waals surface area (Å²) in [7, 11) is 1.73. The number of methoxy groups -OCH3 is 1. The number of aliphatic imine (C=N–C) groups is 1. The number of ether oxygens (including phenoxy) is 1. The lowest BCUT2D eigenvalue weighted by Crippen LogP contribution is -2.53. The predicted molar refractivity (Wildman–Crippen MR) is 113 cm³/mol. The molecule has 1 aliphatic heterocycles. The molecular weight excluding hydrogens is 447 g/mol. The minimum Gasteiger partial charge on any atom is -0.459 e. The van der Waals surface area contributed by atoms with Crippen molar-refractivity contribution in [1.82, 2.24) is 15.1 Å². The quantitative estimate of drug-likeness (QED) is 0.269. The summed E-state index contributed by atoms with van der Waals surface area (Å²) in [4.78, 5) is 21.1. The number of furan rings is 1. The molecule has 148 valence electrons. The fourth-order valence-electron chi connectivity index (χ4n) is 2.82. The van der Waals surface area contributed by atoms with Gasteiger partial charge in [-0.25, -0.2) is 0 Å². The number of guanidine groups is 1. The average molecular weight is 478 g/mol. The van der Waals surface area contributed by atoms with Crippen LogP contribution in [-0.4, -0.2) is 74.7 Å². The second-order valence-electron chi connectivity index (χ2n) is 6.05. The second kappa shape index (κ2) is 13.0. The number of carbonyl (C=O) groups excluding carboxylic acids is 1.